The number of alkyl halides is 2. The largest absolute Gasteiger partial charge is 0.435 e. The van der Waals surface area contributed by atoms with E-state index in [1.54, 1.807) is 0 Å². The first-order valence-electron chi connectivity index (χ1n) is 5.77. The Kier molecular flexibility index (Phi) is 5.05. The highest BCUT2D eigenvalue weighted by Crippen LogP contribution is 2.21. The summed E-state index contributed by atoms with van der Waals surface area (Å²) in [5, 5.41) is 2.58. The van der Waals surface area contributed by atoms with Gasteiger partial charge in [-0.3, -0.25) is 4.79 Å². The number of carbonyl (C=O) groups excluding carboxylic acids is 1. The Morgan fingerprint density at radius 2 is 1.95 bits per heavy atom. The topological polar surface area (TPSA) is 38.3 Å². The highest BCUT2D eigenvalue weighted by atomic mass is 127. The summed E-state index contributed by atoms with van der Waals surface area (Å²) < 4.78 is 42.0. The lowest BCUT2D eigenvalue weighted by atomic mass is 10.2. The number of carbonyl (C=O) groups is 1. The van der Waals surface area contributed by atoms with Crippen LogP contribution in [0, 0.1) is 9.39 Å². The molecule has 0 unspecified atom stereocenters. The van der Waals surface area contributed by atoms with Gasteiger partial charge < -0.3 is 10.1 Å². The first-order chi connectivity index (χ1) is 9.95. The maximum absolute atomic E-state index is 13.0. The maximum Gasteiger partial charge on any atom is 0.387 e. The van der Waals surface area contributed by atoms with Gasteiger partial charge >= 0.3 is 6.61 Å². The smallest absolute Gasteiger partial charge is 0.387 e. The van der Waals surface area contributed by atoms with E-state index in [0.717, 1.165) is 0 Å². The Balaban J connectivity index is 2.16. The molecule has 2 rings (SSSR count). The van der Waals surface area contributed by atoms with Crippen LogP contribution in [-0.2, 0) is 0 Å². The van der Waals surface area contributed by atoms with Gasteiger partial charge in [0, 0.05) is 9.13 Å². The minimum Gasteiger partial charge on any atom is -0.435 e. The molecule has 21 heavy (non-hydrogen) atoms. The van der Waals surface area contributed by atoms with Crippen LogP contribution in [0.1, 0.15) is 10.4 Å². The molecule has 2 aromatic carbocycles. The predicted octanol–water partition coefficient (Wildman–Crippen LogP) is 4.28. The van der Waals surface area contributed by atoms with Crippen LogP contribution in [0.4, 0.5) is 18.9 Å². The van der Waals surface area contributed by atoms with Crippen molar-refractivity contribution in [2.75, 3.05) is 5.32 Å². The molecular formula is C14H9F3INO2. The second-order valence-corrected chi connectivity index (χ2v) is 5.15. The summed E-state index contributed by atoms with van der Waals surface area (Å²) >= 11 is 1.88. The molecule has 0 aliphatic heterocycles. The zero-order valence-electron chi connectivity index (χ0n) is 10.4. The van der Waals surface area contributed by atoms with E-state index in [1.807, 2.05) is 22.6 Å². The van der Waals surface area contributed by atoms with Crippen LogP contribution in [0.5, 0.6) is 5.75 Å². The van der Waals surface area contributed by atoms with Gasteiger partial charge in [-0.05, 0) is 59.0 Å². The van der Waals surface area contributed by atoms with Crippen LogP contribution >= 0.6 is 22.6 Å². The Morgan fingerprint density at radius 1 is 1.19 bits per heavy atom. The molecule has 0 bridgehead atoms. The lowest BCUT2D eigenvalue weighted by Crippen LogP contribution is -2.13. The molecule has 0 saturated carbocycles. The highest BCUT2D eigenvalue weighted by molar-refractivity contribution is 14.1. The van der Waals surface area contributed by atoms with Crippen molar-refractivity contribution in [3.63, 3.8) is 0 Å². The molecule has 0 spiro atoms. The number of anilines is 1. The van der Waals surface area contributed by atoms with Gasteiger partial charge in [0.25, 0.3) is 5.91 Å². The fraction of sp³-hybridized carbons (Fsp3) is 0.0714. The number of rotatable bonds is 4. The maximum atomic E-state index is 13.0. The minimum atomic E-state index is -2.96. The molecule has 0 aliphatic rings. The summed E-state index contributed by atoms with van der Waals surface area (Å²) in [5.41, 5.74) is 0.593. The molecule has 1 N–H and O–H groups in total. The minimum absolute atomic E-state index is 0.105. The number of nitrogens with one attached hydrogen (secondary N) is 1. The zero-order valence-corrected chi connectivity index (χ0v) is 12.6. The second-order valence-electron chi connectivity index (χ2n) is 3.98. The molecule has 110 valence electrons. The van der Waals surface area contributed by atoms with Crippen LogP contribution in [0.3, 0.4) is 0 Å². The van der Waals surface area contributed by atoms with Crippen molar-refractivity contribution >= 4 is 34.2 Å². The van der Waals surface area contributed by atoms with E-state index in [-0.39, 0.29) is 11.3 Å². The molecule has 0 atom stereocenters. The third kappa shape index (κ3) is 4.35. The van der Waals surface area contributed by atoms with E-state index < -0.39 is 18.3 Å². The van der Waals surface area contributed by atoms with Crippen LogP contribution < -0.4 is 10.1 Å². The fourth-order valence-electron chi connectivity index (χ4n) is 1.60. The summed E-state index contributed by atoms with van der Waals surface area (Å²) in [6, 6.07) is 9.34. The Labute approximate surface area is 132 Å². The van der Waals surface area contributed by atoms with Gasteiger partial charge in [-0.1, -0.05) is 6.07 Å². The number of hydrogen-bond acceptors (Lipinski definition) is 2. The monoisotopic (exact) mass is 407 g/mol. The van der Waals surface area contributed by atoms with Gasteiger partial charge in [-0.25, -0.2) is 4.39 Å². The summed E-state index contributed by atoms with van der Waals surface area (Å²) in [7, 11) is 0. The molecule has 0 aromatic heterocycles. The number of hydrogen-bond donors (Lipinski definition) is 1. The van der Waals surface area contributed by atoms with Crippen LogP contribution in [0.15, 0.2) is 42.5 Å². The molecular weight excluding hydrogens is 398 g/mol. The Morgan fingerprint density at radius 3 is 2.62 bits per heavy atom. The molecule has 0 fully saturated rings. The summed E-state index contributed by atoms with van der Waals surface area (Å²) in [4.78, 5) is 12.0. The molecule has 7 heteroatoms. The highest BCUT2D eigenvalue weighted by Gasteiger charge is 2.11. The predicted molar refractivity (Wildman–Crippen MR) is 80.1 cm³/mol. The summed E-state index contributed by atoms with van der Waals surface area (Å²) in [6.07, 6.45) is 0. The Bertz CT molecular complexity index is 664. The summed E-state index contributed by atoms with van der Waals surface area (Å²) in [6.45, 7) is -2.96. The van der Waals surface area contributed by atoms with E-state index in [1.165, 1.54) is 42.5 Å². The SMILES string of the molecule is O=C(Nc1ccc(F)cc1I)c1cccc(OC(F)F)c1. The average Bonchev–Trinajstić information content (AvgIpc) is 2.41. The molecule has 1 amide bonds. The molecule has 0 radical (unpaired) electrons. The third-order valence-electron chi connectivity index (χ3n) is 2.50. The quantitative estimate of drug-likeness (QED) is 0.769. The first-order valence-corrected chi connectivity index (χ1v) is 6.85. The van der Waals surface area contributed by atoms with Gasteiger partial charge in [0.05, 0.1) is 5.69 Å². The van der Waals surface area contributed by atoms with Crippen molar-refractivity contribution in [1.29, 1.82) is 0 Å². The Hall–Kier alpha value is -1.77. The lowest BCUT2D eigenvalue weighted by molar-refractivity contribution is -0.0498. The van der Waals surface area contributed by atoms with Crippen LogP contribution in [0.2, 0.25) is 0 Å². The molecule has 3 nitrogen and oxygen atoms in total. The standard InChI is InChI=1S/C14H9F3INO2/c15-9-4-5-12(11(18)7-9)19-13(20)8-2-1-3-10(6-8)21-14(16)17/h1-7,14H,(H,19,20). The number of ether oxygens (including phenoxy) is 1. The number of amides is 1. The van der Waals surface area contributed by atoms with Gasteiger partial charge in [0.15, 0.2) is 0 Å². The van der Waals surface area contributed by atoms with Crippen molar-refractivity contribution in [1.82, 2.24) is 0 Å². The van der Waals surface area contributed by atoms with E-state index in [0.29, 0.717) is 9.26 Å². The average molecular weight is 407 g/mol. The van der Waals surface area contributed by atoms with E-state index in [4.69, 9.17) is 0 Å². The molecule has 0 saturated heterocycles. The third-order valence-corrected chi connectivity index (χ3v) is 3.39. The van der Waals surface area contributed by atoms with Gasteiger partial charge in [0.2, 0.25) is 0 Å². The van der Waals surface area contributed by atoms with E-state index in [2.05, 4.69) is 10.1 Å². The van der Waals surface area contributed by atoms with Crippen molar-refractivity contribution in [3.05, 3.63) is 57.4 Å². The van der Waals surface area contributed by atoms with Crippen LogP contribution in [0.25, 0.3) is 0 Å². The fourth-order valence-corrected chi connectivity index (χ4v) is 2.21. The van der Waals surface area contributed by atoms with Crippen LogP contribution in [-0.4, -0.2) is 12.5 Å². The second kappa shape index (κ2) is 6.79. The van der Waals surface area contributed by atoms with Gasteiger partial charge in [-0.15, -0.1) is 0 Å². The molecule has 0 aliphatic carbocycles. The number of benzene rings is 2. The zero-order chi connectivity index (χ0) is 15.4. The van der Waals surface area contributed by atoms with Gasteiger partial charge in [0.1, 0.15) is 11.6 Å². The summed E-state index contributed by atoms with van der Waals surface area (Å²) in [5.74, 6) is -1.02. The van der Waals surface area contributed by atoms with E-state index >= 15 is 0 Å². The van der Waals surface area contributed by atoms with Crippen molar-refractivity contribution in [2.45, 2.75) is 6.61 Å². The molecule has 2 aromatic rings. The van der Waals surface area contributed by atoms with Gasteiger partial charge in [-0.2, -0.15) is 8.78 Å². The first kappa shape index (κ1) is 15.6. The lowest BCUT2D eigenvalue weighted by Gasteiger charge is -2.09. The molecule has 0 heterocycles. The normalized spacial score (nSPS) is 10.5. The van der Waals surface area contributed by atoms with Crippen molar-refractivity contribution < 1.29 is 22.7 Å². The van der Waals surface area contributed by atoms with E-state index in [9.17, 15) is 18.0 Å². The number of halogens is 4. The van der Waals surface area contributed by atoms with Crippen molar-refractivity contribution in [2.24, 2.45) is 0 Å². The van der Waals surface area contributed by atoms with Crippen molar-refractivity contribution in [3.8, 4) is 5.75 Å².